The highest BCUT2D eigenvalue weighted by Gasteiger charge is 2.40. The van der Waals surface area contributed by atoms with Crippen molar-refractivity contribution in [2.75, 3.05) is 7.05 Å². The van der Waals surface area contributed by atoms with Crippen LogP contribution >= 0.6 is 0 Å². The number of hydrogen-bond acceptors (Lipinski definition) is 2. The molecule has 0 aliphatic heterocycles. The van der Waals surface area contributed by atoms with Crippen molar-refractivity contribution in [3.05, 3.63) is 35.4 Å². The van der Waals surface area contributed by atoms with Crippen LogP contribution in [-0.4, -0.2) is 28.9 Å². The molecule has 1 aliphatic carbocycles. The molecule has 0 radical (unpaired) electrons. The fourth-order valence-electron chi connectivity index (χ4n) is 3.16. The summed E-state index contributed by atoms with van der Waals surface area (Å²) in [7, 11) is 1.82. The van der Waals surface area contributed by atoms with Gasteiger partial charge in [-0.15, -0.1) is 0 Å². The molecule has 1 amide bonds. The van der Waals surface area contributed by atoms with Gasteiger partial charge in [0.2, 0.25) is 5.91 Å². The normalized spacial score (nSPS) is 20.2. The number of carbonyl (C=O) groups is 2. The summed E-state index contributed by atoms with van der Waals surface area (Å²) < 4.78 is 0. The van der Waals surface area contributed by atoms with Crippen molar-refractivity contribution in [2.45, 2.75) is 39.7 Å². The van der Waals surface area contributed by atoms with Crippen molar-refractivity contribution in [1.82, 2.24) is 4.90 Å². The molecule has 0 bridgehead atoms. The molecular weight excluding hydrogens is 266 g/mol. The Hall–Kier alpha value is -1.84. The third kappa shape index (κ3) is 3.43. The van der Waals surface area contributed by atoms with E-state index in [2.05, 4.69) is 13.8 Å². The van der Waals surface area contributed by atoms with Gasteiger partial charge in [-0.05, 0) is 36.0 Å². The lowest BCUT2D eigenvalue weighted by Gasteiger charge is -2.30. The van der Waals surface area contributed by atoms with E-state index in [-0.39, 0.29) is 22.8 Å². The van der Waals surface area contributed by atoms with Gasteiger partial charge in [0.15, 0.2) is 0 Å². The Balaban J connectivity index is 2.02. The topological polar surface area (TPSA) is 57.6 Å². The first-order chi connectivity index (χ1) is 9.81. The smallest absolute Gasteiger partial charge is 0.335 e. The Bertz CT molecular complexity index is 533. The van der Waals surface area contributed by atoms with Gasteiger partial charge in [0.05, 0.1) is 5.56 Å². The highest BCUT2D eigenvalue weighted by Crippen LogP contribution is 2.43. The molecule has 4 heteroatoms. The highest BCUT2D eigenvalue weighted by molar-refractivity contribution is 5.87. The summed E-state index contributed by atoms with van der Waals surface area (Å²) in [5.74, 6) is -0.640. The van der Waals surface area contributed by atoms with Crippen molar-refractivity contribution < 1.29 is 14.7 Å². The van der Waals surface area contributed by atoms with Gasteiger partial charge in [-0.1, -0.05) is 32.4 Å². The predicted molar refractivity (Wildman–Crippen MR) is 81.0 cm³/mol. The van der Waals surface area contributed by atoms with E-state index in [9.17, 15) is 9.59 Å². The summed E-state index contributed by atoms with van der Waals surface area (Å²) in [5.41, 5.74) is 1.30. The minimum atomic E-state index is -0.932. The van der Waals surface area contributed by atoms with Gasteiger partial charge in [-0.2, -0.15) is 0 Å². The van der Waals surface area contributed by atoms with E-state index in [1.54, 1.807) is 29.2 Å². The Labute approximate surface area is 125 Å². The van der Waals surface area contributed by atoms with Gasteiger partial charge >= 0.3 is 5.97 Å². The number of nitrogens with zero attached hydrogens (tertiary/aromatic N) is 1. The van der Waals surface area contributed by atoms with Crippen LogP contribution in [0.3, 0.4) is 0 Å². The number of aromatic carboxylic acids is 1. The second kappa shape index (κ2) is 5.88. The average molecular weight is 289 g/mol. The SMILES string of the molecule is CN(Cc1ccc(C(=O)O)cc1)C(=O)C1CCCC1(C)C. The number of benzene rings is 1. The number of carboxylic acids is 1. The van der Waals surface area contributed by atoms with Crippen LogP contribution in [0.1, 0.15) is 49.0 Å². The maximum atomic E-state index is 12.6. The Morgan fingerprint density at radius 3 is 2.38 bits per heavy atom. The molecule has 0 spiro atoms. The zero-order valence-corrected chi connectivity index (χ0v) is 12.9. The minimum absolute atomic E-state index is 0.0819. The summed E-state index contributed by atoms with van der Waals surface area (Å²) >= 11 is 0. The fraction of sp³-hybridized carbons (Fsp3) is 0.529. The van der Waals surface area contributed by atoms with Gasteiger partial charge in [0.1, 0.15) is 0 Å². The van der Waals surface area contributed by atoms with Crippen molar-refractivity contribution in [3.63, 3.8) is 0 Å². The summed E-state index contributed by atoms with van der Waals surface area (Å²) in [6, 6.07) is 6.70. The average Bonchev–Trinajstić information content (AvgIpc) is 2.78. The summed E-state index contributed by atoms with van der Waals surface area (Å²) in [6.07, 6.45) is 3.18. The summed E-state index contributed by atoms with van der Waals surface area (Å²) in [5, 5.41) is 8.88. The molecule has 1 atom stereocenters. The lowest BCUT2D eigenvalue weighted by molar-refractivity contribution is -0.137. The second-order valence-corrected chi connectivity index (χ2v) is 6.63. The maximum Gasteiger partial charge on any atom is 0.335 e. The van der Waals surface area contributed by atoms with Crippen molar-refractivity contribution in [1.29, 1.82) is 0 Å². The van der Waals surface area contributed by atoms with Crippen LogP contribution in [0, 0.1) is 11.3 Å². The summed E-state index contributed by atoms with van der Waals surface area (Å²) in [4.78, 5) is 25.2. The highest BCUT2D eigenvalue weighted by atomic mass is 16.4. The van der Waals surface area contributed by atoms with Gasteiger partial charge in [-0.25, -0.2) is 4.79 Å². The Morgan fingerprint density at radius 2 is 1.90 bits per heavy atom. The van der Waals surface area contributed by atoms with E-state index >= 15 is 0 Å². The van der Waals surface area contributed by atoms with Crippen LogP contribution in [0.25, 0.3) is 0 Å². The van der Waals surface area contributed by atoms with E-state index in [1.165, 1.54) is 0 Å². The van der Waals surface area contributed by atoms with Crippen molar-refractivity contribution in [2.24, 2.45) is 11.3 Å². The Kier molecular flexibility index (Phi) is 4.35. The molecule has 0 saturated heterocycles. The molecule has 0 aromatic heterocycles. The van der Waals surface area contributed by atoms with Crippen molar-refractivity contribution >= 4 is 11.9 Å². The molecule has 1 saturated carbocycles. The molecule has 1 fully saturated rings. The van der Waals surface area contributed by atoms with Gasteiger partial charge in [-0.3, -0.25) is 4.79 Å². The molecule has 2 rings (SSSR count). The molecule has 1 aromatic rings. The first kappa shape index (κ1) is 15.5. The van der Waals surface area contributed by atoms with E-state index in [4.69, 9.17) is 5.11 Å². The quantitative estimate of drug-likeness (QED) is 0.926. The second-order valence-electron chi connectivity index (χ2n) is 6.63. The van der Waals surface area contributed by atoms with E-state index < -0.39 is 5.97 Å². The van der Waals surface area contributed by atoms with Crippen LogP contribution in [0.2, 0.25) is 0 Å². The van der Waals surface area contributed by atoms with Crippen LogP contribution < -0.4 is 0 Å². The van der Waals surface area contributed by atoms with E-state index in [0.29, 0.717) is 6.54 Å². The first-order valence-corrected chi connectivity index (χ1v) is 7.38. The summed E-state index contributed by atoms with van der Waals surface area (Å²) in [6.45, 7) is 4.85. The molecule has 1 aromatic carbocycles. The lowest BCUT2D eigenvalue weighted by atomic mass is 9.81. The molecular formula is C17H23NO3. The number of carboxylic acid groups (broad SMARTS) is 1. The maximum absolute atomic E-state index is 12.6. The number of amides is 1. The van der Waals surface area contributed by atoms with Gasteiger partial charge in [0, 0.05) is 19.5 Å². The molecule has 0 heterocycles. The zero-order valence-electron chi connectivity index (χ0n) is 12.9. The zero-order chi connectivity index (χ0) is 15.6. The third-order valence-corrected chi connectivity index (χ3v) is 4.55. The van der Waals surface area contributed by atoms with Crippen LogP contribution in [0.4, 0.5) is 0 Å². The van der Waals surface area contributed by atoms with Crippen LogP contribution in [0.15, 0.2) is 24.3 Å². The predicted octanol–water partition coefficient (Wildman–Crippen LogP) is 3.17. The van der Waals surface area contributed by atoms with E-state index in [1.807, 2.05) is 7.05 Å². The molecule has 1 aliphatic rings. The van der Waals surface area contributed by atoms with Crippen LogP contribution in [-0.2, 0) is 11.3 Å². The lowest BCUT2D eigenvalue weighted by Crippen LogP contribution is -2.37. The largest absolute Gasteiger partial charge is 0.478 e. The monoisotopic (exact) mass is 289 g/mol. The standard InChI is InChI=1S/C17H23NO3/c1-17(2)10-4-5-14(17)15(19)18(3)11-12-6-8-13(9-7-12)16(20)21/h6-9,14H,4-5,10-11H2,1-3H3,(H,20,21). The molecule has 1 unspecified atom stereocenters. The van der Waals surface area contributed by atoms with Gasteiger partial charge in [0.25, 0.3) is 0 Å². The molecule has 114 valence electrons. The third-order valence-electron chi connectivity index (χ3n) is 4.55. The molecule has 21 heavy (non-hydrogen) atoms. The minimum Gasteiger partial charge on any atom is -0.478 e. The molecule has 1 N–H and O–H groups in total. The number of carbonyl (C=O) groups excluding carboxylic acids is 1. The van der Waals surface area contributed by atoms with Crippen molar-refractivity contribution in [3.8, 4) is 0 Å². The van der Waals surface area contributed by atoms with E-state index in [0.717, 1.165) is 24.8 Å². The number of rotatable bonds is 4. The number of hydrogen-bond donors (Lipinski definition) is 1. The molecule has 4 nitrogen and oxygen atoms in total. The first-order valence-electron chi connectivity index (χ1n) is 7.38. The van der Waals surface area contributed by atoms with Gasteiger partial charge < -0.3 is 10.0 Å². The Morgan fingerprint density at radius 1 is 1.29 bits per heavy atom. The fourth-order valence-corrected chi connectivity index (χ4v) is 3.16. The van der Waals surface area contributed by atoms with Crippen LogP contribution in [0.5, 0.6) is 0 Å².